The molecule has 5 nitrogen and oxygen atoms in total. The molecule has 1 fully saturated rings. The highest BCUT2D eigenvalue weighted by Crippen LogP contribution is 2.35. The van der Waals surface area contributed by atoms with Gasteiger partial charge in [-0.15, -0.1) is 0 Å². The molecular weight excluding hydrogens is 289 g/mol. The summed E-state index contributed by atoms with van der Waals surface area (Å²) >= 11 is 0. The fraction of sp³-hybridized carbons (Fsp3) is 0.538. The molecule has 8 heteroatoms. The van der Waals surface area contributed by atoms with Crippen LogP contribution < -0.4 is 4.74 Å². The molecule has 0 saturated carbocycles. The van der Waals surface area contributed by atoms with E-state index in [0.717, 1.165) is 31.5 Å². The Kier molecular flexibility index (Phi) is 4.36. The number of benzene rings is 1. The quantitative estimate of drug-likeness (QED) is 0.633. The van der Waals surface area contributed by atoms with Crippen molar-refractivity contribution in [3.8, 4) is 5.75 Å². The average molecular weight is 304 g/mol. The summed E-state index contributed by atoms with van der Waals surface area (Å²) in [5.74, 6) is -0.128. The lowest BCUT2D eigenvalue weighted by Gasteiger charge is -2.20. The number of likely N-dealkylation sites (tertiary alicyclic amines) is 1. The van der Waals surface area contributed by atoms with Gasteiger partial charge in [0.05, 0.1) is 16.6 Å². The molecule has 0 unspecified atom stereocenters. The van der Waals surface area contributed by atoms with Gasteiger partial charge in [-0.25, -0.2) is 0 Å². The Balaban J connectivity index is 2.18. The van der Waals surface area contributed by atoms with Gasteiger partial charge in [0.1, 0.15) is 12.4 Å². The van der Waals surface area contributed by atoms with Crippen molar-refractivity contribution in [3.63, 3.8) is 0 Å². The Hall–Kier alpha value is -1.83. The highest BCUT2D eigenvalue weighted by molar-refractivity contribution is 5.43. The number of hydrogen-bond acceptors (Lipinski definition) is 4. The molecule has 1 aliphatic heterocycles. The fourth-order valence-electron chi connectivity index (χ4n) is 2.32. The fourth-order valence-corrected chi connectivity index (χ4v) is 2.32. The van der Waals surface area contributed by atoms with Gasteiger partial charge in [-0.1, -0.05) is 0 Å². The normalized spacial score (nSPS) is 19.7. The monoisotopic (exact) mass is 304 g/mol. The SMILES string of the molecule is CN1CCC[C@@H]1COc1cc([N+](=O)[O-])cc(C(F)(F)F)c1. The van der Waals surface area contributed by atoms with Crippen molar-refractivity contribution in [2.45, 2.75) is 25.1 Å². The molecule has 0 aromatic heterocycles. The first-order valence-electron chi connectivity index (χ1n) is 6.47. The molecule has 1 heterocycles. The van der Waals surface area contributed by atoms with E-state index in [4.69, 9.17) is 4.74 Å². The largest absolute Gasteiger partial charge is 0.492 e. The first-order valence-corrected chi connectivity index (χ1v) is 6.47. The highest BCUT2D eigenvalue weighted by Gasteiger charge is 2.33. The van der Waals surface area contributed by atoms with Crippen LogP contribution in [0.5, 0.6) is 5.75 Å². The number of alkyl halides is 3. The molecule has 0 amide bonds. The van der Waals surface area contributed by atoms with Gasteiger partial charge in [-0.3, -0.25) is 10.1 Å². The Morgan fingerprint density at radius 2 is 2.14 bits per heavy atom. The van der Waals surface area contributed by atoms with Crippen LogP contribution in [0.2, 0.25) is 0 Å². The standard InChI is InChI=1S/C13H15F3N2O3/c1-17-4-2-3-10(17)8-21-12-6-9(13(14,15)16)5-11(7-12)18(19)20/h5-7,10H,2-4,8H2,1H3/t10-/m1/s1. The second-order valence-corrected chi connectivity index (χ2v) is 5.06. The number of likely N-dealkylation sites (N-methyl/N-ethyl adjacent to an activating group) is 1. The van der Waals surface area contributed by atoms with E-state index < -0.39 is 22.4 Å². The van der Waals surface area contributed by atoms with Gasteiger partial charge in [0, 0.05) is 12.1 Å². The van der Waals surface area contributed by atoms with Gasteiger partial charge < -0.3 is 9.64 Å². The minimum absolute atomic E-state index is 0.124. The van der Waals surface area contributed by atoms with Gasteiger partial charge in [0.25, 0.3) is 5.69 Å². The lowest BCUT2D eigenvalue weighted by atomic mass is 10.2. The van der Waals surface area contributed by atoms with E-state index in [0.29, 0.717) is 6.07 Å². The van der Waals surface area contributed by atoms with Gasteiger partial charge in [-0.05, 0) is 32.5 Å². The van der Waals surface area contributed by atoms with Crippen LogP contribution in [-0.2, 0) is 6.18 Å². The summed E-state index contributed by atoms with van der Waals surface area (Å²) in [5, 5.41) is 10.7. The summed E-state index contributed by atoms with van der Waals surface area (Å²) < 4.78 is 43.5. The summed E-state index contributed by atoms with van der Waals surface area (Å²) in [4.78, 5) is 11.9. The zero-order valence-electron chi connectivity index (χ0n) is 11.4. The molecule has 0 spiro atoms. The second-order valence-electron chi connectivity index (χ2n) is 5.06. The molecule has 21 heavy (non-hydrogen) atoms. The molecule has 0 N–H and O–H groups in total. The van der Waals surface area contributed by atoms with Crippen molar-refractivity contribution in [2.75, 3.05) is 20.2 Å². The number of nitro groups is 1. The number of rotatable bonds is 4. The molecule has 2 rings (SSSR count). The van der Waals surface area contributed by atoms with Crippen LogP contribution in [0.25, 0.3) is 0 Å². The van der Waals surface area contributed by atoms with Crippen molar-refractivity contribution in [2.24, 2.45) is 0 Å². The minimum Gasteiger partial charge on any atom is -0.492 e. The Bertz CT molecular complexity index is 534. The third-order valence-electron chi connectivity index (χ3n) is 3.54. The van der Waals surface area contributed by atoms with E-state index in [2.05, 4.69) is 4.90 Å². The van der Waals surface area contributed by atoms with E-state index in [9.17, 15) is 23.3 Å². The molecule has 1 aromatic rings. The number of non-ortho nitro benzene ring substituents is 1. The van der Waals surface area contributed by atoms with Crippen LogP contribution in [0, 0.1) is 10.1 Å². The first kappa shape index (κ1) is 15.6. The van der Waals surface area contributed by atoms with Crippen LogP contribution in [0.15, 0.2) is 18.2 Å². The summed E-state index contributed by atoms with van der Waals surface area (Å²) in [6, 6.07) is 2.44. The van der Waals surface area contributed by atoms with Crippen molar-refractivity contribution >= 4 is 5.69 Å². The third kappa shape index (κ3) is 3.84. The van der Waals surface area contributed by atoms with Crippen molar-refractivity contribution in [3.05, 3.63) is 33.9 Å². The van der Waals surface area contributed by atoms with Gasteiger partial charge in [0.2, 0.25) is 0 Å². The van der Waals surface area contributed by atoms with E-state index in [1.165, 1.54) is 0 Å². The maximum absolute atomic E-state index is 12.7. The van der Waals surface area contributed by atoms with Crippen LogP contribution in [0.4, 0.5) is 18.9 Å². The van der Waals surface area contributed by atoms with Crippen LogP contribution in [0.1, 0.15) is 18.4 Å². The molecule has 1 saturated heterocycles. The highest BCUT2D eigenvalue weighted by atomic mass is 19.4. The molecule has 0 bridgehead atoms. The molecular formula is C13H15F3N2O3. The average Bonchev–Trinajstić information content (AvgIpc) is 2.80. The summed E-state index contributed by atoms with van der Waals surface area (Å²) in [7, 11) is 1.91. The molecule has 1 aromatic carbocycles. The Morgan fingerprint density at radius 1 is 1.43 bits per heavy atom. The molecule has 1 aliphatic rings. The van der Waals surface area contributed by atoms with Crippen LogP contribution in [0.3, 0.4) is 0 Å². The van der Waals surface area contributed by atoms with Crippen molar-refractivity contribution < 1.29 is 22.8 Å². The van der Waals surface area contributed by atoms with E-state index in [1.807, 2.05) is 7.05 Å². The number of hydrogen-bond donors (Lipinski definition) is 0. The van der Waals surface area contributed by atoms with Gasteiger partial charge >= 0.3 is 6.18 Å². The van der Waals surface area contributed by atoms with E-state index in [1.54, 1.807) is 0 Å². The van der Waals surface area contributed by atoms with E-state index >= 15 is 0 Å². The summed E-state index contributed by atoms with van der Waals surface area (Å²) in [6.07, 6.45) is -2.74. The third-order valence-corrected chi connectivity index (χ3v) is 3.54. The van der Waals surface area contributed by atoms with Crippen LogP contribution in [-0.4, -0.2) is 36.1 Å². The number of ether oxygens (including phenoxy) is 1. The maximum atomic E-state index is 12.7. The van der Waals surface area contributed by atoms with Gasteiger partial charge in [0.15, 0.2) is 0 Å². The lowest BCUT2D eigenvalue weighted by Crippen LogP contribution is -2.30. The van der Waals surface area contributed by atoms with Crippen LogP contribution >= 0.6 is 0 Å². The number of nitro benzene ring substituents is 1. The zero-order chi connectivity index (χ0) is 15.6. The van der Waals surface area contributed by atoms with Crippen molar-refractivity contribution in [1.29, 1.82) is 0 Å². The summed E-state index contributed by atoms with van der Waals surface area (Å²) in [6.45, 7) is 1.13. The van der Waals surface area contributed by atoms with Gasteiger partial charge in [-0.2, -0.15) is 13.2 Å². The summed E-state index contributed by atoms with van der Waals surface area (Å²) in [5.41, 5.74) is -1.70. The number of nitrogens with zero attached hydrogens (tertiary/aromatic N) is 2. The predicted octanol–water partition coefficient (Wildman–Crippen LogP) is 3.09. The zero-order valence-corrected chi connectivity index (χ0v) is 11.4. The predicted molar refractivity (Wildman–Crippen MR) is 69.2 cm³/mol. The molecule has 0 radical (unpaired) electrons. The van der Waals surface area contributed by atoms with Crippen molar-refractivity contribution in [1.82, 2.24) is 4.90 Å². The molecule has 1 atom stereocenters. The molecule has 116 valence electrons. The maximum Gasteiger partial charge on any atom is 0.416 e. The minimum atomic E-state index is -4.64. The topological polar surface area (TPSA) is 55.6 Å². The number of halogens is 3. The second kappa shape index (κ2) is 5.88. The Morgan fingerprint density at radius 3 is 2.67 bits per heavy atom. The first-order chi connectivity index (χ1) is 9.77. The molecule has 0 aliphatic carbocycles. The Labute approximate surface area is 119 Å². The smallest absolute Gasteiger partial charge is 0.416 e. The lowest BCUT2D eigenvalue weighted by molar-refractivity contribution is -0.385. The van der Waals surface area contributed by atoms with E-state index in [-0.39, 0.29) is 18.4 Å².